The van der Waals surface area contributed by atoms with Gasteiger partial charge in [0.05, 0.1) is 15.6 Å². The number of nitrogens with two attached hydrogens (primary N) is 1. The largest absolute Gasteiger partial charge is 0.322 e. The van der Waals surface area contributed by atoms with Gasteiger partial charge in [-0.1, -0.05) is 18.2 Å². The van der Waals surface area contributed by atoms with E-state index in [1.807, 2.05) is 24.4 Å². The summed E-state index contributed by atoms with van der Waals surface area (Å²) in [6, 6.07) is 11.7. The summed E-state index contributed by atoms with van der Waals surface area (Å²) < 4.78 is 23.2. The van der Waals surface area contributed by atoms with E-state index in [0.29, 0.717) is 11.3 Å². The zero-order valence-electron chi connectivity index (χ0n) is 14.2. The van der Waals surface area contributed by atoms with Crippen LogP contribution in [0.1, 0.15) is 20.9 Å². The number of sulfonamides is 1. The van der Waals surface area contributed by atoms with Crippen molar-refractivity contribution in [3.05, 3.63) is 64.0 Å². The number of benzene rings is 2. The van der Waals surface area contributed by atoms with Gasteiger partial charge in [-0.15, -0.1) is 11.3 Å². The second-order valence-electron chi connectivity index (χ2n) is 5.81. The third kappa shape index (κ3) is 3.98. The standard InChI is InChI=1S/C18H17N3O3S2/c1-11-3-4-14(9-17(11)26(19,23)24)18(22)21-15-7-5-13(6-8-15)16-10-25-12(2)20-16/h3-10H,1-2H3,(H,21,22)(H2,19,23,24). The van der Waals surface area contributed by atoms with Crippen molar-refractivity contribution in [1.29, 1.82) is 0 Å². The number of nitrogens with one attached hydrogen (secondary N) is 1. The predicted molar refractivity (Wildman–Crippen MR) is 103 cm³/mol. The molecule has 1 aromatic heterocycles. The molecule has 1 heterocycles. The van der Waals surface area contributed by atoms with Crippen molar-refractivity contribution in [2.45, 2.75) is 18.7 Å². The Balaban J connectivity index is 1.80. The predicted octanol–water partition coefficient (Wildman–Crippen LogP) is 3.33. The van der Waals surface area contributed by atoms with Gasteiger partial charge < -0.3 is 5.32 Å². The molecule has 0 saturated heterocycles. The third-order valence-electron chi connectivity index (χ3n) is 3.81. The van der Waals surface area contributed by atoms with Gasteiger partial charge in [-0.3, -0.25) is 4.79 Å². The number of aromatic nitrogens is 1. The molecule has 26 heavy (non-hydrogen) atoms. The fourth-order valence-corrected chi connectivity index (χ4v) is 3.90. The second-order valence-corrected chi connectivity index (χ2v) is 8.40. The monoisotopic (exact) mass is 387 g/mol. The fraction of sp³-hybridized carbons (Fsp3) is 0.111. The highest BCUT2D eigenvalue weighted by molar-refractivity contribution is 7.89. The molecule has 6 nitrogen and oxygen atoms in total. The molecule has 134 valence electrons. The van der Waals surface area contributed by atoms with E-state index in [2.05, 4.69) is 10.3 Å². The zero-order valence-corrected chi connectivity index (χ0v) is 15.8. The first kappa shape index (κ1) is 18.2. The Morgan fingerprint density at radius 2 is 1.81 bits per heavy atom. The number of amides is 1. The van der Waals surface area contributed by atoms with Gasteiger partial charge in [-0.05, 0) is 43.7 Å². The summed E-state index contributed by atoms with van der Waals surface area (Å²) in [7, 11) is -3.88. The normalized spacial score (nSPS) is 11.3. The summed E-state index contributed by atoms with van der Waals surface area (Å²) in [5, 5.41) is 10.9. The molecular weight excluding hydrogens is 370 g/mol. The molecule has 2 aromatic carbocycles. The molecule has 0 unspecified atom stereocenters. The van der Waals surface area contributed by atoms with Crippen LogP contribution in [-0.2, 0) is 10.0 Å². The van der Waals surface area contributed by atoms with Gasteiger partial charge >= 0.3 is 0 Å². The molecule has 0 radical (unpaired) electrons. The lowest BCUT2D eigenvalue weighted by Crippen LogP contribution is -2.17. The van der Waals surface area contributed by atoms with Crippen LogP contribution in [0, 0.1) is 13.8 Å². The zero-order chi connectivity index (χ0) is 18.9. The van der Waals surface area contributed by atoms with Crippen molar-refractivity contribution in [3.8, 4) is 11.3 Å². The van der Waals surface area contributed by atoms with Crippen molar-refractivity contribution in [2.24, 2.45) is 5.14 Å². The number of hydrogen-bond acceptors (Lipinski definition) is 5. The molecule has 0 spiro atoms. The summed E-state index contributed by atoms with van der Waals surface area (Å²) >= 11 is 1.58. The number of aryl methyl sites for hydroxylation is 2. The maximum atomic E-state index is 12.4. The second kappa shape index (κ2) is 6.99. The van der Waals surface area contributed by atoms with Crippen molar-refractivity contribution >= 4 is 33.0 Å². The van der Waals surface area contributed by atoms with Gasteiger partial charge in [-0.25, -0.2) is 18.5 Å². The Hall–Kier alpha value is -2.55. The van der Waals surface area contributed by atoms with E-state index in [9.17, 15) is 13.2 Å². The van der Waals surface area contributed by atoms with Gasteiger partial charge in [0.15, 0.2) is 0 Å². The molecule has 0 saturated carbocycles. The average Bonchev–Trinajstić information content (AvgIpc) is 3.01. The molecule has 0 aliphatic carbocycles. The molecule has 0 fully saturated rings. The highest BCUT2D eigenvalue weighted by Gasteiger charge is 2.15. The van der Waals surface area contributed by atoms with E-state index in [-0.39, 0.29) is 10.5 Å². The smallest absolute Gasteiger partial charge is 0.255 e. The number of carbonyl (C=O) groups excluding carboxylic acids is 1. The minimum Gasteiger partial charge on any atom is -0.322 e. The lowest BCUT2D eigenvalue weighted by atomic mass is 10.1. The van der Waals surface area contributed by atoms with Crippen LogP contribution in [-0.4, -0.2) is 19.3 Å². The summed E-state index contributed by atoms with van der Waals surface area (Å²) in [5.41, 5.74) is 3.16. The first-order valence-corrected chi connectivity index (χ1v) is 10.1. The molecule has 8 heteroatoms. The maximum absolute atomic E-state index is 12.4. The van der Waals surface area contributed by atoms with Crippen LogP contribution in [0.15, 0.2) is 52.7 Å². The van der Waals surface area contributed by atoms with E-state index in [1.165, 1.54) is 6.07 Å². The van der Waals surface area contributed by atoms with Crippen molar-refractivity contribution in [1.82, 2.24) is 4.98 Å². The number of carbonyl (C=O) groups is 1. The topological polar surface area (TPSA) is 102 Å². The molecule has 0 aliphatic heterocycles. The van der Waals surface area contributed by atoms with E-state index in [4.69, 9.17) is 5.14 Å². The molecule has 1 amide bonds. The van der Waals surface area contributed by atoms with Crippen molar-refractivity contribution in [3.63, 3.8) is 0 Å². The lowest BCUT2D eigenvalue weighted by molar-refractivity contribution is 0.102. The van der Waals surface area contributed by atoms with Crippen LogP contribution in [0.5, 0.6) is 0 Å². The lowest BCUT2D eigenvalue weighted by Gasteiger charge is -2.09. The van der Waals surface area contributed by atoms with Crippen molar-refractivity contribution in [2.75, 3.05) is 5.32 Å². The Labute approximate surface area is 155 Å². The van der Waals surface area contributed by atoms with E-state index < -0.39 is 15.9 Å². The van der Waals surface area contributed by atoms with Crippen LogP contribution in [0.3, 0.4) is 0 Å². The van der Waals surface area contributed by atoms with Crippen LogP contribution in [0.2, 0.25) is 0 Å². The van der Waals surface area contributed by atoms with Crippen LogP contribution in [0.4, 0.5) is 5.69 Å². The first-order valence-electron chi connectivity index (χ1n) is 7.71. The van der Waals surface area contributed by atoms with E-state index in [1.54, 1.807) is 42.5 Å². The SMILES string of the molecule is Cc1nc(-c2ccc(NC(=O)c3ccc(C)c(S(N)(=O)=O)c3)cc2)cs1. The Kier molecular flexibility index (Phi) is 4.90. The van der Waals surface area contributed by atoms with E-state index >= 15 is 0 Å². The van der Waals surface area contributed by atoms with Crippen LogP contribution >= 0.6 is 11.3 Å². The number of hydrogen-bond donors (Lipinski definition) is 2. The highest BCUT2D eigenvalue weighted by atomic mass is 32.2. The van der Waals surface area contributed by atoms with Gasteiger partial charge in [0.25, 0.3) is 5.91 Å². The van der Waals surface area contributed by atoms with Gasteiger partial charge in [0.1, 0.15) is 0 Å². The van der Waals surface area contributed by atoms with Crippen molar-refractivity contribution < 1.29 is 13.2 Å². The molecule has 0 bridgehead atoms. The van der Waals surface area contributed by atoms with Gasteiger partial charge in [0.2, 0.25) is 10.0 Å². The van der Waals surface area contributed by atoms with Crippen LogP contribution in [0.25, 0.3) is 11.3 Å². The van der Waals surface area contributed by atoms with Gasteiger partial charge in [-0.2, -0.15) is 0 Å². The van der Waals surface area contributed by atoms with Crippen LogP contribution < -0.4 is 10.5 Å². The summed E-state index contributed by atoms with van der Waals surface area (Å²) in [5.74, 6) is -0.410. The minimum absolute atomic E-state index is 0.0561. The van der Waals surface area contributed by atoms with E-state index in [0.717, 1.165) is 16.3 Å². The fourth-order valence-electron chi connectivity index (χ4n) is 2.47. The Morgan fingerprint density at radius 3 is 2.38 bits per heavy atom. The Morgan fingerprint density at radius 1 is 1.12 bits per heavy atom. The summed E-state index contributed by atoms with van der Waals surface area (Å²) in [6.45, 7) is 3.57. The minimum atomic E-state index is -3.88. The molecule has 3 aromatic rings. The number of rotatable bonds is 4. The molecule has 0 atom stereocenters. The quantitative estimate of drug-likeness (QED) is 0.717. The average molecular weight is 387 g/mol. The Bertz CT molecular complexity index is 1070. The number of nitrogens with zero attached hydrogens (tertiary/aromatic N) is 1. The molecular formula is C18H17N3O3S2. The number of primary sulfonamides is 1. The molecule has 0 aliphatic rings. The molecule has 3 rings (SSSR count). The maximum Gasteiger partial charge on any atom is 0.255 e. The number of anilines is 1. The van der Waals surface area contributed by atoms with Gasteiger partial charge in [0, 0.05) is 22.2 Å². The first-order chi connectivity index (χ1) is 12.2. The molecule has 3 N–H and O–H groups in total. The third-order valence-corrected chi connectivity index (χ3v) is 5.64. The summed E-state index contributed by atoms with van der Waals surface area (Å²) in [6.07, 6.45) is 0. The summed E-state index contributed by atoms with van der Waals surface area (Å²) in [4.78, 5) is 16.8. The highest BCUT2D eigenvalue weighted by Crippen LogP contribution is 2.23. The number of thiazole rings is 1.